The molecule has 1 aliphatic carbocycles. The van der Waals surface area contributed by atoms with Crippen molar-refractivity contribution in [2.45, 2.75) is 6.92 Å². The van der Waals surface area contributed by atoms with E-state index in [9.17, 15) is 9.59 Å². The number of ether oxygens (including phenoxy) is 1. The number of methoxy groups -OCH3 is 1. The van der Waals surface area contributed by atoms with Gasteiger partial charge in [0.1, 0.15) is 11.6 Å². The van der Waals surface area contributed by atoms with Crippen LogP contribution in [0.3, 0.4) is 0 Å². The monoisotopic (exact) mass is 346 g/mol. The van der Waals surface area contributed by atoms with Crippen LogP contribution in [-0.4, -0.2) is 30.6 Å². The molecule has 0 aromatic heterocycles. The van der Waals surface area contributed by atoms with E-state index in [0.29, 0.717) is 33.7 Å². The minimum atomic E-state index is -0.0738. The topological polar surface area (TPSA) is 58.6 Å². The average molecular weight is 346 g/mol. The number of rotatable bonds is 2. The van der Waals surface area contributed by atoms with E-state index in [4.69, 9.17) is 4.74 Å². The molecule has 4 rings (SSSR count). The van der Waals surface area contributed by atoms with E-state index in [2.05, 4.69) is 5.32 Å². The summed E-state index contributed by atoms with van der Waals surface area (Å²) in [7, 11) is 3.37. The van der Waals surface area contributed by atoms with Gasteiger partial charge < -0.3 is 10.1 Å². The molecule has 2 aliphatic heterocycles. The lowest BCUT2D eigenvalue weighted by Gasteiger charge is -2.24. The maximum absolute atomic E-state index is 13.0. The van der Waals surface area contributed by atoms with Crippen molar-refractivity contribution in [1.82, 2.24) is 10.2 Å². The van der Waals surface area contributed by atoms with Crippen molar-refractivity contribution in [3.8, 4) is 0 Å². The van der Waals surface area contributed by atoms with Crippen molar-refractivity contribution in [1.29, 1.82) is 0 Å². The number of benzene rings is 1. The minimum absolute atomic E-state index is 0.0450. The van der Waals surface area contributed by atoms with Crippen LogP contribution in [0.2, 0.25) is 0 Å². The molecule has 5 nitrogen and oxygen atoms in total. The molecule has 2 heterocycles. The number of allylic oxidation sites excluding steroid dienone is 6. The molecule has 0 bridgehead atoms. The summed E-state index contributed by atoms with van der Waals surface area (Å²) in [6, 6.07) is 7.37. The SMILES string of the molecule is CNC1=C(C)C(=O)C2=C/C(=C3\C=C(OC)c4ccccc4C3=O)C=CN21. The Morgan fingerprint density at radius 3 is 2.46 bits per heavy atom. The van der Waals surface area contributed by atoms with Gasteiger partial charge in [-0.05, 0) is 30.7 Å². The summed E-state index contributed by atoms with van der Waals surface area (Å²) in [6.07, 6.45) is 7.17. The van der Waals surface area contributed by atoms with Crippen molar-refractivity contribution >= 4 is 17.3 Å². The van der Waals surface area contributed by atoms with E-state index in [1.807, 2.05) is 35.4 Å². The largest absolute Gasteiger partial charge is 0.496 e. The van der Waals surface area contributed by atoms with Crippen molar-refractivity contribution in [2.75, 3.05) is 14.2 Å². The van der Waals surface area contributed by atoms with E-state index in [1.54, 1.807) is 39.3 Å². The number of fused-ring (bicyclic) bond motifs is 2. The molecule has 26 heavy (non-hydrogen) atoms. The first-order valence-corrected chi connectivity index (χ1v) is 8.33. The van der Waals surface area contributed by atoms with Crippen LogP contribution in [0.4, 0.5) is 0 Å². The molecular formula is C21H18N2O3. The van der Waals surface area contributed by atoms with Gasteiger partial charge in [-0.25, -0.2) is 0 Å². The first kappa shape index (κ1) is 16.1. The highest BCUT2D eigenvalue weighted by Crippen LogP contribution is 2.35. The van der Waals surface area contributed by atoms with Crippen molar-refractivity contribution < 1.29 is 14.3 Å². The van der Waals surface area contributed by atoms with Gasteiger partial charge in [0.15, 0.2) is 5.78 Å². The number of carbonyl (C=O) groups excluding carboxylic acids is 2. The average Bonchev–Trinajstić information content (AvgIpc) is 2.92. The van der Waals surface area contributed by atoms with E-state index in [1.165, 1.54) is 0 Å². The number of Topliss-reactive ketones (excluding diaryl/α,β-unsaturated/α-hetero) is 2. The van der Waals surface area contributed by atoms with Crippen LogP contribution < -0.4 is 5.32 Å². The fraction of sp³-hybridized carbons (Fsp3) is 0.143. The first-order chi connectivity index (χ1) is 12.6. The Labute approximate surface area is 151 Å². The zero-order valence-electron chi connectivity index (χ0n) is 14.8. The molecule has 3 aliphatic rings. The van der Waals surface area contributed by atoms with Crippen LogP contribution in [0, 0.1) is 0 Å². The number of ketones is 2. The van der Waals surface area contributed by atoms with Gasteiger partial charge in [0, 0.05) is 35.5 Å². The first-order valence-electron chi connectivity index (χ1n) is 8.33. The molecule has 0 spiro atoms. The summed E-state index contributed by atoms with van der Waals surface area (Å²) >= 11 is 0. The Bertz CT molecular complexity index is 1010. The molecule has 5 heteroatoms. The van der Waals surface area contributed by atoms with Gasteiger partial charge >= 0.3 is 0 Å². The van der Waals surface area contributed by atoms with E-state index in [-0.39, 0.29) is 11.6 Å². The lowest BCUT2D eigenvalue weighted by Crippen LogP contribution is -2.23. The van der Waals surface area contributed by atoms with Crippen LogP contribution in [-0.2, 0) is 9.53 Å². The van der Waals surface area contributed by atoms with Gasteiger partial charge in [-0.1, -0.05) is 24.3 Å². The summed E-state index contributed by atoms with van der Waals surface area (Å²) in [6.45, 7) is 1.79. The lowest BCUT2D eigenvalue weighted by molar-refractivity contribution is -0.112. The zero-order valence-corrected chi connectivity index (χ0v) is 14.8. The Kier molecular flexibility index (Phi) is 3.65. The quantitative estimate of drug-likeness (QED) is 0.835. The van der Waals surface area contributed by atoms with Gasteiger partial charge in [-0.15, -0.1) is 0 Å². The maximum Gasteiger partial charge on any atom is 0.209 e. The Balaban J connectivity index is 1.85. The highest BCUT2D eigenvalue weighted by atomic mass is 16.5. The second kappa shape index (κ2) is 5.88. The van der Waals surface area contributed by atoms with E-state index < -0.39 is 0 Å². The Hall–Kier alpha value is -3.34. The molecular weight excluding hydrogens is 328 g/mol. The summed E-state index contributed by atoms with van der Waals surface area (Å²) < 4.78 is 5.48. The molecule has 0 amide bonds. The standard InChI is InChI=1S/C21H18N2O3/c1-12-19(24)17-10-13(8-9-23(17)21(12)22-2)16-11-18(26-3)14-6-4-5-7-15(14)20(16)25/h4-11,22H,1-3H3/b16-13+. The second-order valence-electron chi connectivity index (χ2n) is 6.22. The van der Waals surface area contributed by atoms with Crippen LogP contribution in [0.25, 0.3) is 5.76 Å². The third-order valence-electron chi connectivity index (χ3n) is 4.85. The van der Waals surface area contributed by atoms with Crippen molar-refractivity contribution in [3.63, 3.8) is 0 Å². The van der Waals surface area contributed by atoms with Gasteiger partial charge in [-0.2, -0.15) is 0 Å². The van der Waals surface area contributed by atoms with E-state index in [0.717, 1.165) is 11.4 Å². The molecule has 0 saturated carbocycles. The van der Waals surface area contributed by atoms with Crippen LogP contribution in [0.15, 0.2) is 76.9 Å². The molecule has 0 atom stereocenters. The fourth-order valence-electron chi connectivity index (χ4n) is 3.52. The molecule has 130 valence electrons. The number of hydrogen-bond donors (Lipinski definition) is 1. The lowest BCUT2D eigenvalue weighted by atomic mass is 9.87. The third kappa shape index (κ3) is 2.17. The van der Waals surface area contributed by atoms with Crippen molar-refractivity contribution in [3.05, 3.63) is 88.1 Å². The molecule has 1 N–H and O–H groups in total. The molecule has 0 saturated heterocycles. The Morgan fingerprint density at radius 2 is 1.77 bits per heavy atom. The van der Waals surface area contributed by atoms with Crippen molar-refractivity contribution in [2.24, 2.45) is 0 Å². The predicted molar refractivity (Wildman–Crippen MR) is 98.6 cm³/mol. The summed E-state index contributed by atoms with van der Waals surface area (Å²) in [5.74, 6) is 1.28. The number of nitrogens with one attached hydrogen (secondary N) is 1. The van der Waals surface area contributed by atoms with Crippen LogP contribution in [0.5, 0.6) is 0 Å². The summed E-state index contributed by atoms with van der Waals surface area (Å²) in [5.41, 5.74) is 3.80. The number of nitrogens with zero attached hydrogens (tertiary/aromatic N) is 1. The molecule has 1 aromatic rings. The van der Waals surface area contributed by atoms with Gasteiger partial charge in [0.2, 0.25) is 5.78 Å². The highest BCUT2D eigenvalue weighted by molar-refractivity contribution is 6.17. The van der Waals surface area contributed by atoms with Gasteiger partial charge in [-0.3, -0.25) is 14.5 Å². The van der Waals surface area contributed by atoms with Crippen LogP contribution >= 0.6 is 0 Å². The normalized spacial score (nSPS) is 21.4. The molecule has 1 aromatic carbocycles. The summed E-state index contributed by atoms with van der Waals surface area (Å²) in [5, 5.41) is 3.05. The second-order valence-corrected chi connectivity index (χ2v) is 6.22. The zero-order chi connectivity index (χ0) is 18.4. The molecule has 0 fully saturated rings. The molecule has 0 unspecified atom stereocenters. The van der Waals surface area contributed by atoms with Gasteiger partial charge in [0.25, 0.3) is 0 Å². The maximum atomic E-state index is 13.0. The highest BCUT2D eigenvalue weighted by Gasteiger charge is 2.33. The predicted octanol–water partition coefficient (Wildman–Crippen LogP) is 2.91. The van der Waals surface area contributed by atoms with E-state index >= 15 is 0 Å². The Morgan fingerprint density at radius 1 is 1.04 bits per heavy atom. The minimum Gasteiger partial charge on any atom is -0.496 e. The van der Waals surface area contributed by atoms with Crippen LogP contribution in [0.1, 0.15) is 22.8 Å². The molecule has 0 radical (unpaired) electrons. The summed E-state index contributed by atoms with van der Waals surface area (Å²) in [4.78, 5) is 27.4. The fourth-order valence-corrected chi connectivity index (χ4v) is 3.52. The smallest absolute Gasteiger partial charge is 0.209 e. The third-order valence-corrected chi connectivity index (χ3v) is 4.85. The number of carbonyl (C=O) groups is 2. The number of hydrogen-bond acceptors (Lipinski definition) is 5. The van der Waals surface area contributed by atoms with Gasteiger partial charge in [0.05, 0.1) is 12.8 Å².